The molecule has 35 atom stereocenters. The molecule has 7 fully saturated rings. The summed E-state index contributed by atoms with van der Waals surface area (Å²) in [4.78, 5) is 25.0. The van der Waals surface area contributed by atoms with E-state index in [1.165, 1.54) is 13.8 Å². The van der Waals surface area contributed by atoms with Crippen LogP contribution >= 0.6 is 0 Å². The van der Waals surface area contributed by atoms with Crippen molar-refractivity contribution in [3.63, 3.8) is 0 Å². The molecule has 7 heterocycles. The van der Waals surface area contributed by atoms with Crippen LogP contribution in [0.25, 0.3) is 0 Å². The number of aliphatic hydroxyl groups is 19. The Balaban J connectivity index is 1.05. The summed E-state index contributed by atoms with van der Waals surface area (Å²) in [5.74, 6) is -1.63. The van der Waals surface area contributed by atoms with Gasteiger partial charge in [0.15, 0.2) is 44.0 Å². The SMILES string of the molecule is CC(=O)N[C@@H]1[C@@H](O)[C@H](O[C@@H]2O[C@H](CO)[C@@H](O[C@@H]3O[C@H](CO[C@H]4O[C@H](CO)[C@@H](O)[C@H](O)[C@@H]4O)[C@@H](O)[C@H](O)[C@@H]3O)[C@H](O)[C@H]2NC(C)=O)[C@@H](CO[C@@H]2O[C@@H](C)[C@@H](O[C@@H]3O[C@H](CO)[C@H](O)[C@H](O)[C@H]3O[C@@H]3O[C@@H](C)[C@@H](O)[C@@H](O)[C@@H]3O)[C@@H](O)[C@@H]2O)O[C@H]1O. The Morgan fingerprint density at radius 2 is 0.720 bits per heavy atom. The molecule has 2 amide bonds. The molecule has 0 spiro atoms. The minimum absolute atomic E-state index is 0.780. The summed E-state index contributed by atoms with van der Waals surface area (Å²) in [6.45, 7) is 0.348. The van der Waals surface area contributed by atoms with Crippen LogP contribution < -0.4 is 10.6 Å². The average molecular weight is 1200 g/mol. The van der Waals surface area contributed by atoms with E-state index in [0.717, 1.165) is 13.8 Å². The Bertz CT molecular complexity index is 2030. The summed E-state index contributed by atoms with van der Waals surface area (Å²) in [6, 6.07) is -3.45. The van der Waals surface area contributed by atoms with Gasteiger partial charge in [-0.25, -0.2) is 0 Å². The van der Waals surface area contributed by atoms with Gasteiger partial charge in [0.2, 0.25) is 11.8 Å². The number of ether oxygens (including phenoxy) is 13. The number of carbonyl (C=O) groups excluding carboxylic acids is 2. The molecule has 476 valence electrons. The van der Waals surface area contributed by atoms with E-state index in [1.54, 1.807) is 0 Å². The number of aliphatic hydroxyl groups excluding tert-OH is 19. The lowest BCUT2D eigenvalue weighted by atomic mass is 9.94. The Morgan fingerprint density at radius 3 is 1.30 bits per heavy atom. The van der Waals surface area contributed by atoms with Crippen LogP contribution in [0, 0.1) is 0 Å². The molecular formula is C46H78N2O34. The van der Waals surface area contributed by atoms with Crippen LogP contribution in [0.15, 0.2) is 0 Å². The number of hydrogen-bond acceptors (Lipinski definition) is 34. The maximum atomic E-state index is 12.7. The highest BCUT2D eigenvalue weighted by Gasteiger charge is 2.57. The summed E-state index contributed by atoms with van der Waals surface area (Å²) < 4.78 is 74.7. The fourth-order valence-corrected chi connectivity index (χ4v) is 10.5. The molecule has 7 aliphatic heterocycles. The van der Waals surface area contributed by atoms with Crippen LogP contribution in [0.3, 0.4) is 0 Å². The van der Waals surface area contributed by atoms with Crippen molar-refractivity contribution >= 4 is 11.8 Å². The van der Waals surface area contributed by atoms with Crippen molar-refractivity contribution in [2.24, 2.45) is 0 Å². The molecule has 0 aromatic carbocycles. The van der Waals surface area contributed by atoms with E-state index in [2.05, 4.69) is 10.6 Å². The van der Waals surface area contributed by atoms with Gasteiger partial charge in [0, 0.05) is 13.8 Å². The summed E-state index contributed by atoms with van der Waals surface area (Å²) in [7, 11) is 0. The molecular weight excluding hydrogens is 1120 g/mol. The van der Waals surface area contributed by atoms with Crippen LogP contribution in [-0.4, -0.2) is 357 Å². The Morgan fingerprint density at radius 1 is 0.341 bits per heavy atom. The first-order chi connectivity index (χ1) is 38.6. The topological polar surface area (TPSA) is 563 Å². The van der Waals surface area contributed by atoms with E-state index in [4.69, 9.17) is 61.6 Å². The molecule has 7 aliphatic rings. The van der Waals surface area contributed by atoms with Crippen LogP contribution in [0.1, 0.15) is 27.7 Å². The lowest BCUT2D eigenvalue weighted by Gasteiger charge is -2.50. The number of carbonyl (C=O) groups is 2. The normalized spacial score (nSPS) is 51.3. The Hall–Kier alpha value is -2.34. The van der Waals surface area contributed by atoms with E-state index in [-0.39, 0.29) is 0 Å². The Labute approximate surface area is 465 Å². The number of hydrogen-bond donors (Lipinski definition) is 21. The van der Waals surface area contributed by atoms with Crippen LogP contribution in [0.2, 0.25) is 0 Å². The summed E-state index contributed by atoms with van der Waals surface area (Å²) in [6.07, 6.45) is -59.6. The van der Waals surface area contributed by atoms with Gasteiger partial charge >= 0.3 is 0 Å². The molecule has 0 aliphatic carbocycles. The third kappa shape index (κ3) is 14.5. The molecule has 7 rings (SSSR count). The van der Waals surface area contributed by atoms with Crippen molar-refractivity contribution in [2.75, 3.05) is 33.0 Å². The van der Waals surface area contributed by atoms with Crippen LogP contribution in [0.4, 0.5) is 0 Å². The molecule has 21 N–H and O–H groups in total. The second-order valence-electron chi connectivity index (χ2n) is 21.1. The van der Waals surface area contributed by atoms with Gasteiger partial charge in [-0.1, -0.05) is 0 Å². The van der Waals surface area contributed by atoms with Crippen molar-refractivity contribution in [1.29, 1.82) is 0 Å². The quantitative estimate of drug-likeness (QED) is 0.0571. The van der Waals surface area contributed by atoms with Gasteiger partial charge in [-0.05, 0) is 13.8 Å². The molecule has 0 saturated carbocycles. The van der Waals surface area contributed by atoms with Gasteiger partial charge in [0.05, 0.1) is 45.2 Å². The zero-order valence-corrected chi connectivity index (χ0v) is 44.4. The van der Waals surface area contributed by atoms with Crippen LogP contribution in [-0.2, 0) is 71.2 Å². The largest absolute Gasteiger partial charge is 0.394 e. The molecule has 36 heteroatoms. The number of nitrogens with one attached hydrogen (secondary N) is 2. The first-order valence-corrected chi connectivity index (χ1v) is 26.3. The monoisotopic (exact) mass is 1200 g/mol. The fraction of sp³-hybridized carbons (Fsp3) is 0.957. The van der Waals surface area contributed by atoms with Crippen molar-refractivity contribution in [2.45, 2.75) is 243 Å². The third-order valence-corrected chi connectivity index (χ3v) is 15.2. The second-order valence-corrected chi connectivity index (χ2v) is 21.1. The third-order valence-electron chi connectivity index (χ3n) is 15.2. The molecule has 7 saturated heterocycles. The van der Waals surface area contributed by atoms with E-state index in [1.807, 2.05) is 0 Å². The molecule has 82 heavy (non-hydrogen) atoms. The maximum absolute atomic E-state index is 12.7. The molecule has 0 unspecified atom stereocenters. The van der Waals surface area contributed by atoms with Gasteiger partial charge in [-0.3, -0.25) is 9.59 Å². The van der Waals surface area contributed by atoms with Crippen molar-refractivity contribution in [3.05, 3.63) is 0 Å². The minimum Gasteiger partial charge on any atom is -0.394 e. The Kier molecular flexibility index (Phi) is 23.5. The minimum atomic E-state index is -2.11. The standard InChI is InChI=1S/C46H78N2O34/c1-10-21(54)27(60)33(66)44(72-10)82-39-30(63)23(56)15(6-50)76-46(39)79-36-11(2)73-42(35(68)31(36)64)71-9-18-38(25(58)19(40(69)74-18)47-12(3)52)80-41-20(48-13(4)53)26(59)37(16(7-51)77-41)81-45-34(67)29(62)24(57)17(78-45)8-70-43-32(65)28(61)22(55)14(5-49)75-43/h10-11,14-46,49-51,54-69H,5-9H2,1-4H3,(H,47,52)(H,48,53)/t10-,11-,14+,15+,16+,17+,18+,19+,20+,21+,22+,23-,24+,25+,26+,27+,28-,29-,30-,31-,32-,33-,34-,35-,36+,37+,38+,39+,40+,41-,42+,43-,44-,45-,46-/m0/s1. The molecule has 0 aromatic heterocycles. The van der Waals surface area contributed by atoms with Gasteiger partial charge in [-0.15, -0.1) is 0 Å². The summed E-state index contributed by atoms with van der Waals surface area (Å²) in [5, 5.41) is 209. The second kappa shape index (κ2) is 28.7. The van der Waals surface area contributed by atoms with E-state index in [0.29, 0.717) is 0 Å². The smallest absolute Gasteiger partial charge is 0.217 e. The van der Waals surface area contributed by atoms with Crippen molar-refractivity contribution < 1.29 is 168 Å². The number of amides is 2. The van der Waals surface area contributed by atoms with Gasteiger partial charge in [-0.2, -0.15) is 0 Å². The van der Waals surface area contributed by atoms with E-state index >= 15 is 0 Å². The molecule has 0 aromatic rings. The molecule has 0 bridgehead atoms. The zero-order chi connectivity index (χ0) is 60.5. The van der Waals surface area contributed by atoms with Gasteiger partial charge in [0.1, 0.15) is 159 Å². The predicted octanol–water partition coefficient (Wildman–Crippen LogP) is -13.9. The van der Waals surface area contributed by atoms with Crippen LogP contribution in [0.5, 0.6) is 0 Å². The summed E-state index contributed by atoms with van der Waals surface area (Å²) >= 11 is 0. The first-order valence-electron chi connectivity index (χ1n) is 26.3. The highest BCUT2D eigenvalue weighted by molar-refractivity contribution is 5.73. The van der Waals surface area contributed by atoms with Gasteiger partial charge in [0.25, 0.3) is 0 Å². The van der Waals surface area contributed by atoms with E-state index < -0.39 is 260 Å². The predicted molar refractivity (Wildman–Crippen MR) is 252 cm³/mol. The highest BCUT2D eigenvalue weighted by atomic mass is 16.8. The zero-order valence-electron chi connectivity index (χ0n) is 44.4. The molecule has 0 radical (unpaired) electrons. The lowest BCUT2D eigenvalue weighted by molar-refractivity contribution is -0.387. The van der Waals surface area contributed by atoms with Gasteiger partial charge < -0.3 is 169 Å². The van der Waals surface area contributed by atoms with Crippen molar-refractivity contribution in [1.82, 2.24) is 10.6 Å². The fourth-order valence-electron chi connectivity index (χ4n) is 10.5. The maximum Gasteiger partial charge on any atom is 0.217 e. The van der Waals surface area contributed by atoms with E-state index in [9.17, 15) is 107 Å². The molecule has 36 nitrogen and oxygen atoms in total. The lowest BCUT2D eigenvalue weighted by Crippen LogP contribution is -2.70. The average Bonchev–Trinajstić information content (AvgIpc) is 3.64. The summed E-state index contributed by atoms with van der Waals surface area (Å²) in [5.41, 5.74) is 0. The van der Waals surface area contributed by atoms with Crippen molar-refractivity contribution in [3.8, 4) is 0 Å². The highest BCUT2D eigenvalue weighted by Crippen LogP contribution is 2.36. The number of rotatable bonds is 19. The first kappa shape index (κ1) is 67.2.